The molecule has 4 nitrogen and oxygen atoms in total. The summed E-state index contributed by atoms with van der Waals surface area (Å²) in [7, 11) is 0. The van der Waals surface area contributed by atoms with Crippen LogP contribution in [-0.2, 0) is 4.79 Å². The Morgan fingerprint density at radius 3 is 2.46 bits per heavy atom. The number of halogens is 2. The summed E-state index contributed by atoms with van der Waals surface area (Å²) in [4.78, 5) is 25.6. The fraction of sp³-hybridized carbons (Fsp3) is 0.222. The van der Waals surface area contributed by atoms with Gasteiger partial charge in [-0.2, -0.15) is 0 Å². The van der Waals surface area contributed by atoms with Gasteiger partial charge in [0.05, 0.1) is 0 Å². The van der Waals surface area contributed by atoms with Crippen molar-refractivity contribution in [2.24, 2.45) is 0 Å². The molecule has 2 aromatic rings. The lowest BCUT2D eigenvalue weighted by Gasteiger charge is -2.19. The molecular weight excluding hydrogens is 314 g/mol. The van der Waals surface area contributed by atoms with Crippen molar-refractivity contribution < 1.29 is 18.4 Å². The second kappa shape index (κ2) is 6.39. The van der Waals surface area contributed by atoms with Gasteiger partial charge in [-0.1, -0.05) is 6.07 Å². The van der Waals surface area contributed by atoms with Crippen LogP contribution in [0.15, 0.2) is 36.4 Å². The van der Waals surface area contributed by atoms with Crippen molar-refractivity contribution in [3.63, 3.8) is 0 Å². The number of amides is 2. The maximum absolute atomic E-state index is 13.6. The highest BCUT2D eigenvalue weighted by Crippen LogP contribution is 2.27. The van der Waals surface area contributed by atoms with Crippen LogP contribution in [0.25, 0.3) is 0 Å². The standard InChI is InChI=1S/C18H16F2N2O2/c1-11-10-12(7-8-15(11)22-9-3-6-16(22)23)21-18(24)17-13(19)4-2-5-14(17)20/h2,4-5,7-8,10H,3,6,9H2,1H3,(H,21,24). The summed E-state index contributed by atoms with van der Waals surface area (Å²) in [6.07, 6.45) is 1.35. The van der Waals surface area contributed by atoms with Crippen LogP contribution >= 0.6 is 0 Å². The number of hydrogen-bond donors (Lipinski definition) is 1. The largest absolute Gasteiger partial charge is 0.322 e. The second-order valence-corrected chi connectivity index (χ2v) is 5.70. The maximum atomic E-state index is 13.6. The Bertz CT molecular complexity index is 800. The molecule has 1 aliphatic heterocycles. The normalized spacial score (nSPS) is 14.1. The van der Waals surface area contributed by atoms with Gasteiger partial charge in [0.25, 0.3) is 5.91 Å². The zero-order valence-corrected chi connectivity index (χ0v) is 13.1. The smallest absolute Gasteiger partial charge is 0.261 e. The minimum absolute atomic E-state index is 0.0725. The number of aryl methyl sites for hydroxylation is 1. The van der Waals surface area contributed by atoms with Crippen molar-refractivity contribution >= 4 is 23.2 Å². The summed E-state index contributed by atoms with van der Waals surface area (Å²) in [5.74, 6) is -2.61. The molecule has 0 aromatic heterocycles. The average Bonchev–Trinajstić information content (AvgIpc) is 2.93. The van der Waals surface area contributed by atoms with Crippen molar-refractivity contribution in [2.75, 3.05) is 16.8 Å². The van der Waals surface area contributed by atoms with Gasteiger partial charge in [0.15, 0.2) is 0 Å². The first-order chi connectivity index (χ1) is 11.5. The molecule has 0 saturated carbocycles. The Labute approximate surface area is 138 Å². The first-order valence-electron chi connectivity index (χ1n) is 7.64. The average molecular weight is 330 g/mol. The summed E-state index contributed by atoms with van der Waals surface area (Å²) in [5.41, 5.74) is 1.38. The molecule has 24 heavy (non-hydrogen) atoms. The molecule has 6 heteroatoms. The molecule has 0 aliphatic carbocycles. The third-order valence-electron chi connectivity index (χ3n) is 4.01. The quantitative estimate of drug-likeness (QED) is 0.934. The molecule has 1 heterocycles. The number of benzene rings is 2. The van der Waals surface area contributed by atoms with Gasteiger partial charge in [0.1, 0.15) is 17.2 Å². The first-order valence-corrected chi connectivity index (χ1v) is 7.64. The van der Waals surface area contributed by atoms with Crippen LogP contribution in [0, 0.1) is 18.6 Å². The van der Waals surface area contributed by atoms with E-state index in [0.29, 0.717) is 18.7 Å². The highest BCUT2D eigenvalue weighted by Gasteiger charge is 2.23. The zero-order valence-electron chi connectivity index (χ0n) is 13.1. The zero-order chi connectivity index (χ0) is 17.3. The highest BCUT2D eigenvalue weighted by atomic mass is 19.1. The molecule has 1 saturated heterocycles. The lowest BCUT2D eigenvalue weighted by Crippen LogP contribution is -2.24. The monoisotopic (exact) mass is 330 g/mol. The van der Waals surface area contributed by atoms with Crippen LogP contribution in [-0.4, -0.2) is 18.4 Å². The SMILES string of the molecule is Cc1cc(NC(=O)c2c(F)cccc2F)ccc1N1CCCC1=O. The summed E-state index contributed by atoms with van der Waals surface area (Å²) in [5, 5.41) is 2.49. The van der Waals surface area contributed by atoms with Gasteiger partial charge in [-0.05, 0) is 49.2 Å². The predicted molar refractivity (Wildman–Crippen MR) is 87.1 cm³/mol. The Balaban J connectivity index is 1.82. The van der Waals surface area contributed by atoms with Crippen molar-refractivity contribution in [1.82, 2.24) is 0 Å². The van der Waals surface area contributed by atoms with Gasteiger partial charge in [0.2, 0.25) is 5.91 Å². The van der Waals surface area contributed by atoms with E-state index >= 15 is 0 Å². The first kappa shape index (κ1) is 16.1. The second-order valence-electron chi connectivity index (χ2n) is 5.70. The molecule has 124 valence electrons. The Kier molecular flexibility index (Phi) is 4.29. The van der Waals surface area contributed by atoms with Crippen molar-refractivity contribution in [1.29, 1.82) is 0 Å². The van der Waals surface area contributed by atoms with E-state index in [2.05, 4.69) is 5.32 Å². The fourth-order valence-electron chi connectivity index (χ4n) is 2.85. The van der Waals surface area contributed by atoms with Crippen LogP contribution in [0.5, 0.6) is 0 Å². The van der Waals surface area contributed by atoms with E-state index in [4.69, 9.17) is 0 Å². The number of nitrogens with one attached hydrogen (secondary N) is 1. The lowest BCUT2D eigenvalue weighted by atomic mass is 10.1. The fourth-order valence-corrected chi connectivity index (χ4v) is 2.85. The van der Waals surface area contributed by atoms with E-state index in [1.165, 1.54) is 6.07 Å². The molecular formula is C18H16F2N2O2. The number of anilines is 2. The molecule has 0 bridgehead atoms. The van der Waals surface area contributed by atoms with Gasteiger partial charge in [-0.3, -0.25) is 9.59 Å². The molecule has 0 spiro atoms. The van der Waals surface area contributed by atoms with Crippen molar-refractivity contribution in [3.8, 4) is 0 Å². The summed E-state index contributed by atoms with van der Waals surface area (Å²) in [6, 6.07) is 8.29. The molecule has 1 aliphatic rings. The van der Waals surface area contributed by atoms with E-state index in [0.717, 1.165) is 29.8 Å². The van der Waals surface area contributed by atoms with Gasteiger partial charge in [0, 0.05) is 24.3 Å². The summed E-state index contributed by atoms with van der Waals surface area (Å²) in [6.45, 7) is 2.49. The van der Waals surface area contributed by atoms with Crippen LogP contribution < -0.4 is 10.2 Å². The van der Waals surface area contributed by atoms with Crippen LogP contribution in [0.3, 0.4) is 0 Å². The lowest BCUT2D eigenvalue weighted by molar-refractivity contribution is -0.117. The number of rotatable bonds is 3. The van der Waals surface area contributed by atoms with E-state index < -0.39 is 23.1 Å². The van der Waals surface area contributed by atoms with Gasteiger partial charge < -0.3 is 10.2 Å². The van der Waals surface area contributed by atoms with Crippen LogP contribution in [0.1, 0.15) is 28.8 Å². The number of nitrogens with zero attached hydrogens (tertiary/aromatic N) is 1. The van der Waals surface area contributed by atoms with Crippen LogP contribution in [0.2, 0.25) is 0 Å². The highest BCUT2D eigenvalue weighted by molar-refractivity contribution is 6.05. The minimum atomic E-state index is -0.913. The number of carbonyl (C=O) groups excluding carboxylic acids is 2. The molecule has 0 atom stereocenters. The minimum Gasteiger partial charge on any atom is -0.322 e. The molecule has 0 radical (unpaired) electrons. The molecule has 1 N–H and O–H groups in total. The molecule has 2 amide bonds. The molecule has 2 aromatic carbocycles. The summed E-state index contributed by atoms with van der Waals surface area (Å²) >= 11 is 0. The van der Waals surface area contributed by atoms with E-state index in [1.54, 1.807) is 23.1 Å². The van der Waals surface area contributed by atoms with Gasteiger partial charge in [-0.25, -0.2) is 8.78 Å². The third kappa shape index (κ3) is 2.99. The number of carbonyl (C=O) groups is 2. The maximum Gasteiger partial charge on any atom is 0.261 e. The van der Waals surface area contributed by atoms with E-state index in [-0.39, 0.29) is 5.91 Å². The van der Waals surface area contributed by atoms with E-state index in [9.17, 15) is 18.4 Å². The third-order valence-corrected chi connectivity index (χ3v) is 4.01. The van der Waals surface area contributed by atoms with Gasteiger partial charge in [-0.15, -0.1) is 0 Å². The molecule has 3 rings (SSSR count). The molecule has 0 unspecified atom stereocenters. The Hall–Kier alpha value is -2.76. The number of hydrogen-bond acceptors (Lipinski definition) is 2. The Morgan fingerprint density at radius 1 is 1.17 bits per heavy atom. The van der Waals surface area contributed by atoms with Crippen LogP contribution in [0.4, 0.5) is 20.2 Å². The Morgan fingerprint density at radius 2 is 1.88 bits per heavy atom. The van der Waals surface area contributed by atoms with Gasteiger partial charge >= 0.3 is 0 Å². The topological polar surface area (TPSA) is 49.4 Å². The van der Waals surface area contributed by atoms with Crippen molar-refractivity contribution in [2.45, 2.75) is 19.8 Å². The van der Waals surface area contributed by atoms with Crippen molar-refractivity contribution in [3.05, 3.63) is 59.2 Å². The molecule has 1 fully saturated rings. The summed E-state index contributed by atoms with van der Waals surface area (Å²) < 4.78 is 27.3. The van der Waals surface area contributed by atoms with E-state index in [1.807, 2.05) is 6.92 Å². The predicted octanol–water partition coefficient (Wildman–Crippen LogP) is 3.65.